The molecular formula is C17H22N2O3. The van der Waals surface area contributed by atoms with Gasteiger partial charge in [0.25, 0.3) is 5.91 Å². The Balaban J connectivity index is 1.56. The molecule has 22 heavy (non-hydrogen) atoms. The fourth-order valence-corrected chi connectivity index (χ4v) is 3.29. The van der Waals surface area contributed by atoms with Gasteiger partial charge in [-0.1, -0.05) is 30.3 Å². The first-order valence-electron chi connectivity index (χ1n) is 8.01. The van der Waals surface area contributed by atoms with Crippen LogP contribution in [0.1, 0.15) is 31.2 Å². The van der Waals surface area contributed by atoms with E-state index in [0.29, 0.717) is 13.0 Å². The van der Waals surface area contributed by atoms with E-state index in [9.17, 15) is 14.7 Å². The Morgan fingerprint density at radius 1 is 1.18 bits per heavy atom. The van der Waals surface area contributed by atoms with E-state index in [1.165, 1.54) is 4.90 Å². The molecule has 0 aliphatic carbocycles. The van der Waals surface area contributed by atoms with Gasteiger partial charge in [-0.05, 0) is 37.7 Å². The number of aliphatic hydroxyl groups excluding tert-OH is 1. The Bertz CT molecular complexity index is 522. The summed E-state index contributed by atoms with van der Waals surface area (Å²) in [6.45, 7) is 0.767. The molecule has 0 bridgehead atoms. The molecule has 0 saturated carbocycles. The van der Waals surface area contributed by atoms with Crippen LogP contribution in [0.25, 0.3) is 0 Å². The van der Waals surface area contributed by atoms with Crippen LogP contribution in [0.4, 0.5) is 4.79 Å². The second-order valence-electron chi connectivity index (χ2n) is 6.11. The number of piperidine rings is 1. The Morgan fingerprint density at radius 3 is 2.68 bits per heavy atom. The van der Waals surface area contributed by atoms with Gasteiger partial charge >= 0.3 is 6.03 Å². The average Bonchev–Trinajstić information content (AvgIpc) is 2.79. The van der Waals surface area contributed by atoms with Gasteiger partial charge in [0.1, 0.15) is 6.04 Å². The lowest BCUT2D eigenvalue weighted by Gasteiger charge is -2.26. The van der Waals surface area contributed by atoms with Gasteiger partial charge in [0.2, 0.25) is 0 Å². The summed E-state index contributed by atoms with van der Waals surface area (Å²) in [4.78, 5) is 27.5. The molecule has 0 aromatic heterocycles. The maximum atomic E-state index is 12.3. The number of aryl methyl sites for hydroxylation is 1. The summed E-state index contributed by atoms with van der Waals surface area (Å²) >= 11 is 0. The number of hydrogen-bond donors (Lipinski definition) is 1. The van der Waals surface area contributed by atoms with E-state index in [2.05, 4.69) is 0 Å². The molecule has 3 amide bonds. The molecule has 0 spiro atoms. The number of hydrogen-bond acceptors (Lipinski definition) is 3. The maximum Gasteiger partial charge on any atom is 0.327 e. The number of nitrogens with zero attached hydrogens (tertiary/aromatic N) is 2. The van der Waals surface area contributed by atoms with Crippen LogP contribution in [0, 0.1) is 0 Å². The van der Waals surface area contributed by atoms with Gasteiger partial charge in [-0.2, -0.15) is 0 Å². The van der Waals surface area contributed by atoms with Gasteiger partial charge in [-0.3, -0.25) is 9.69 Å². The van der Waals surface area contributed by atoms with Crippen LogP contribution in [-0.4, -0.2) is 52.1 Å². The normalized spacial score (nSPS) is 22.9. The van der Waals surface area contributed by atoms with Crippen molar-refractivity contribution < 1.29 is 14.7 Å². The van der Waals surface area contributed by atoms with E-state index in [0.717, 1.165) is 31.2 Å². The molecule has 118 valence electrons. The molecule has 1 N–H and O–H groups in total. The van der Waals surface area contributed by atoms with Crippen molar-refractivity contribution in [3.8, 4) is 0 Å². The van der Waals surface area contributed by atoms with E-state index >= 15 is 0 Å². The highest BCUT2D eigenvalue weighted by molar-refractivity contribution is 6.04. The maximum absolute atomic E-state index is 12.3. The predicted molar refractivity (Wildman–Crippen MR) is 82.2 cm³/mol. The summed E-state index contributed by atoms with van der Waals surface area (Å²) in [5, 5.41) is 10.2. The third kappa shape index (κ3) is 2.99. The van der Waals surface area contributed by atoms with E-state index in [-0.39, 0.29) is 24.5 Å². The zero-order valence-electron chi connectivity index (χ0n) is 12.6. The third-order valence-corrected chi connectivity index (χ3v) is 4.53. The van der Waals surface area contributed by atoms with Crippen LogP contribution in [0.3, 0.4) is 0 Å². The number of aliphatic hydroxyl groups is 1. The summed E-state index contributed by atoms with van der Waals surface area (Å²) in [6.07, 6.45) is 3.32. The third-order valence-electron chi connectivity index (χ3n) is 4.53. The molecule has 1 aromatic carbocycles. The fourth-order valence-electron chi connectivity index (χ4n) is 3.29. The number of β-amino-alcohol motifs (C(OH)–C–C–N with tert-alkyl or cyclic N) is 1. The van der Waals surface area contributed by atoms with Gasteiger partial charge in [-0.15, -0.1) is 0 Å². The molecule has 2 aliphatic heterocycles. The van der Waals surface area contributed by atoms with Gasteiger partial charge in [0.15, 0.2) is 0 Å². The monoisotopic (exact) mass is 302 g/mol. The highest BCUT2D eigenvalue weighted by Crippen LogP contribution is 2.26. The molecule has 2 aliphatic rings. The first-order valence-corrected chi connectivity index (χ1v) is 8.01. The quantitative estimate of drug-likeness (QED) is 0.844. The average molecular weight is 302 g/mol. The number of carbonyl (C=O) groups is 2. The molecule has 2 heterocycles. The van der Waals surface area contributed by atoms with Crippen LogP contribution < -0.4 is 0 Å². The second kappa shape index (κ2) is 6.48. The standard InChI is InChI=1S/C17H22N2O3/c20-14(10-9-13-6-2-1-3-7-13)12-19-16(21)15-8-4-5-11-18(15)17(19)22/h1-3,6-7,14-15,20H,4-5,8-12H2/t14-,15-/m0/s1. The van der Waals surface area contributed by atoms with Crippen molar-refractivity contribution >= 4 is 11.9 Å². The summed E-state index contributed by atoms with van der Waals surface area (Å²) in [7, 11) is 0. The molecule has 2 saturated heterocycles. The van der Waals surface area contributed by atoms with Gasteiger partial charge < -0.3 is 10.0 Å². The Morgan fingerprint density at radius 2 is 1.95 bits per heavy atom. The SMILES string of the molecule is O=C1[C@@H]2CCCCN2C(=O)N1C[C@@H](O)CCc1ccccc1. The highest BCUT2D eigenvalue weighted by atomic mass is 16.3. The van der Waals surface area contributed by atoms with Crippen molar-refractivity contribution in [2.45, 2.75) is 44.2 Å². The van der Waals surface area contributed by atoms with Crippen molar-refractivity contribution in [2.75, 3.05) is 13.1 Å². The van der Waals surface area contributed by atoms with Gasteiger partial charge in [0.05, 0.1) is 12.6 Å². The van der Waals surface area contributed by atoms with Crippen molar-refractivity contribution in [3.05, 3.63) is 35.9 Å². The Labute approximate surface area is 130 Å². The van der Waals surface area contributed by atoms with E-state index in [4.69, 9.17) is 0 Å². The van der Waals surface area contributed by atoms with Crippen molar-refractivity contribution in [1.29, 1.82) is 0 Å². The smallest absolute Gasteiger partial charge is 0.327 e. The highest BCUT2D eigenvalue weighted by Gasteiger charge is 2.46. The lowest BCUT2D eigenvalue weighted by Crippen LogP contribution is -2.39. The number of imide groups is 1. The molecule has 2 fully saturated rings. The Kier molecular flexibility index (Phi) is 4.43. The van der Waals surface area contributed by atoms with Crippen molar-refractivity contribution in [2.24, 2.45) is 0 Å². The molecule has 0 radical (unpaired) electrons. The number of carbonyl (C=O) groups excluding carboxylic acids is 2. The van der Waals surface area contributed by atoms with Crippen molar-refractivity contribution in [3.63, 3.8) is 0 Å². The minimum absolute atomic E-state index is 0.109. The lowest BCUT2D eigenvalue weighted by atomic mass is 10.0. The van der Waals surface area contributed by atoms with Crippen LogP contribution in [-0.2, 0) is 11.2 Å². The predicted octanol–water partition coefficient (Wildman–Crippen LogP) is 1.80. The van der Waals surface area contributed by atoms with Crippen LogP contribution in [0.2, 0.25) is 0 Å². The summed E-state index contributed by atoms with van der Waals surface area (Å²) < 4.78 is 0. The van der Waals surface area contributed by atoms with Crippen molar-refractivity contribution in [1.82, 2.24) is 9.80 Å². The zero-order chi connectivity index (χ0) is 15.5. The topological polar surface area (TPSA) is 60.9 Å². The molecule has 2 atom stereocenters. The summed E-state index contributed by atoms with van der Waals surface area (Å²) in [5.74, 6) is -0.136. The fraction of sp³-hybridized carbons (Fsp3) is 0.529. The summed E-state index contributed by atoms with van der Waals surface area (Å²) in [5.41, 5.74) is 1.15. The minimum Gasteiger partial charge on any atom is -0.391 e. The largest absolute Gasteiger partial charge is 0.391 e. The van der Waals surface area contributed by atoms with Gasteiger partial charge in [0, 0.05) is 6.54 Å². The van der Waals surface area contributed by atoms with Crippen LogP contribution >= 0.6 is 0 Å². The molecular weight excluding hydrogens is 280 g/mol. The van der Waals surface area contributed by atoms with E-state index in [1.54, 1.807) is 4.90 Å². The number of fused-ring (bicyclic) bond motifs is 1. The van der Waals surface area contributed by atoms with Crippen LogP contribution in [0.5, 0.6) is 0 Å². The first-order chi connectivity index (χ1) is 10.7. The number of benzene rings is 1. The Hall–Kier alpha value is -1.88. The molecule has 0 unspecified atom stereocenters. The number of amides is 3. The second-order valence-corrected chi connectivity index (χ2v) is 6.11. The van der Waals surface area contributed by atoms with E-state index < -0.39 is 6.10 Å². The minimum atomic E-state index is -0.672. The molecule has 5 nitrogen and oxygen atoms in total. The van der Waals surface area contributed by atoms with E-state index in [1.807, 2.05) is 30.3 Å². The van der Waals surface area contributed by atoms with Gasteiger partial charge in [-0.25, -0.2) is 4.79 Å². The molecule has 3 rings (SSSR count). The first kappa shape index (κ1) is 15.0. The van der Waals surface area contributed by atoms with Crippen LogP contribution in [0.15, 0.2) is 30.3 Å². The zero-order valence-corrected chi connectivity index (χ0v) is 12.6. The number of rotatable bonds is 5. The summed E-state index contributed by atoms with van der Waals surface area (Å²) in [6, 6.07) is 9.40. The molecule has 5 heteroatoms. The lowest BCUT2D eigenvalue weighted by molar-refractivity contribution is -0.129. The number of urea groups is 1. The molecule has 1 aromatic rings.